The number of benzene rings is 4. The van der Waals surface area contributed by atoms with Gasteiger partial charge in [0.1, 0.15) is 0 Å². The summed E-state index contributed by atoms with van der Waals surface area (Å²) in [5.74, 6) is 0. The average Bonchev–Trinajstić information content (AvgIpc) is 3.73. The van der Waals surface area contributed by atoms with Crippen LogP contribution >= 0.6 is 0 Å². The normalized spacial score (nSPS) is 21.5. The molecule has 2 atom stereocenters. The summed E-state index contributed by atoms with van der Waals surface area (Å²) in [5.41, 5.74) is 6.57. The van der Waals surface area contributed by atoms with Crippen LogP contribution in [0.15, 0.2) is 107 Å². The summed E-state index contributed by atoms with van der Waals surface area (Å²) in [7, 11) is 0. The number of aliphatic imine (C=N–C) groups is 2. The first-order valence-electron chi connectivity index (χ1n) is 13.6. The molecule has 4 aromatic carbocycles. The van der Waals surface area contributed by atoms with Crippen molar-refractivity contribution in [1.82, 2.24) is 9.97 Å². The molecule has 6 aromatic rings. The molecule has 199 valence electrons. The van der Waals surface area contributed by atoms with Crippen LogP contribution in [0.3, 0.4) is 0 Å². The Morgan fingerprint density at radius 1 is 0.439 bits per heavy atom. The van der Waals surface area contributed by atoms with Crippen molar-refractivity contribution in [3.63, 3.8) is 0 Å². The number of nitrogens with zero attached hydrogens (tertiary/aromatic N) is 4. The molecule has 0 saturated heterocycles. The molecule has 0 spiro atoms. The zero-order valence-corrected chi connectivity index (χ0v) is 22.7. The molecule has 0 amide bonds. The van der Waals surface area contributed by atoms with Gasteiger partial charge in [-0.3, -0.25) is 9.98 Å². The fraction of sp³-hybridized carbons (Fsp3) is 0.0556. The van der Waals surface area contributed by atoms with Crippen molar-refractivity contribution in [1.29, 1.82) is 0 Å². The molecule has 9 rings (SSSR count). The van der Waals surface area contributed by atoms with Gasteiger partial charge in [0.25, 0.3) is 0 Å². The van der Waals surface area contributed by atoms with Crippen LogP contribution in [0.5, 0.6) is 0 Å². The summed E-state index contributed by atoms with van der Waals surface area (Å²) >= 11 is 0. The molecule has 0 fully saturated rings. The minimum absolute atomic E-state index is 0. The molecule has 0 saturated carbocycles. The number of rotatable bonds is 0. The number of fused-ring (bicyclic) bond motifs is 18. The first-order chi connectivity index (χ1) is 19.8. The molecular weight excluding hydrogens is 552 g/mol. The van der Waals surface area contributed by atoms with Gasteiger partial charge in [0, 0.05) is 28.2 Å². The van der Waals surface area contributed by atoms with Gasteiger partial charge in [-0.05, 0) is 32.7 Å². The van der Waals surface area contributed by atoms with Gasteiger partial charge in [-0.1, -0.05) is 121 Å². The summed E-state index contributed by atoms with van der Waals surface area (Å²) in [6, 6.07) is 33.7. The molecule has 0 aliphatic carbocycles. The van der Waals surface area contributed by atoms with Crippen LogP contribution in [0.1, 0.15) is 34.3 Å². The standard InChI is InChI=1S/C36H22N4.Cu/c1-2-10-22-21(9-1)29-17-31-23-11-3-4-12-24(23)33(38-31)19-35-27-15-7-8-16-28(27)36(40-35)20-34-26-14-6-5-13-25(26)32(39-34)18-30(22)37-29;/h1-20,29,36H;/q-2;/b31-17-,32-18-,33-19-,34-20-;. The summed E-state index contributed by atoms with van der Waals surface area (Å²) in [4.78, 5) is 20.8. The zero-order chi connectivity index (χ0) is 26.2. The van der Waals surface area contributed by atoms with E-state index in [0.717, 1.165) is 65.5 Å². The molecule has 5 heteroatoms. The molecule has 2 unspecified atom stereocenters. The van der Waals surface area contributed by atoms with Gasteiger partial charge < -0.3 is 9.97 Å². The first kappa shape index (κ1) is 24.1. The van der Waals surface area contributed by atoms with Crippen LogP contribution in [0, 0.1) is 0 Å². The second kappa shape index (κ2) is 9.17. The summed E-state index contributed by atoms with van der Waals surface area (Å²) in [5, 5.41) is 8.29. The Balaban J connectivity index is 0.00000256. The maximum atomic E-state index is 5.22. The third-order valence-corrected chi connectivity index (χ3v) is 8.29. The number of hydrogen-bond donors (Lipinski definition) is 0. The van der Waals surface area contributed by atoms with Crippen LogP contribution in [-0.4, -0.2) is 11.4 Å². The van der Waals surface area contributed by atoms with E-state index in [1.165, 1.54) is 11.1 Å². The van der Waals surface area contributed by atoms with Gasteiger partial charge >= 0.3 is 0 Å². The predicted molar refractivity (Wildman–Crippen MR) is 162 cm³/mol. The number of aromatic nitrogens is 2. The van der Waals surface area contributed by atoms with E-state index in [1.807, 2.05) is 0 Å². The maximum absolute atomic E-state index is 5.22. The van der Waals surface area contributed by atoms with Crippen LogP contribution in [-0.2, 0) is 17.1 Å². The van der Waals surface area contributed by atoms with E-state index in [2.05, 4.69) is 121 Å². The van der Waals surface area contributed by atoms with Crippen molar-refractivity contribution in [2.75, 3.05) is 0 Å². The van der Waals surface area contributed by atoms with E-state index >= 15 is 0 Å². The van der Waals surface area contributed by atoms with Crippen molar-refractivity contribution < 1.29 is 17.1 Å². The van der Waals surface area contributed by atoms with E-state index < -0.39 is 0 Å². The molecule has 4 nitrogen and oxygen atoms in total. The SMILES string of the molecule is C1=c2\[n-]/c(c3ccccc23)=C\C2N=C(/C=c3\[n-]/c(c4ccccc34)=C\C3N=C/1c1ccccc13)c1ccccc12.[Cu]. The van der Waals surface area contributed by atoms with E-state index in [0.29, 0.717) is 0 Å². The molecule has 1 radical (unpaired) electrons. The predicted octanol–water partition coefficient (Wildman–Crippen LogP) is 3.83. The van der Waals surface area contributed by atoms with Gasteiger partial charge in [-0.25, -0.2) is 0 Å². The molecule has 0 N–H and O–H groups in total. The van der Waals surface area contributed by atoms with E-state index in [1.54, 1.807) is 0 Å². The Hall–Kier alpha value is -4.70. The Morgan fingerprint density at radius 3 is 1.24 bits per heavy atom. The Bertz CT molecular complexity index is 2180. The minimum Gasteiger partial charge on any atom is -0.657 e. The van der Waals surface area contributed by atoms with E-state index in [4.69, 9.17) is 20.0 Å². The van der Waals surface area contributed by atoms with Gasteiger partial charge in [0.2, 0.25) is 0 Å². The van der Waals surface area contributed by atoms with Crippen LogP contribution in [0.4, 0.5) is 0 Å². The molecular formula is C36H22CuN4-2. The van der Waals surface area contributed by atoms with Crippen molar-refractivity contribution in [2.45, 2.75) is 12.1 Å². The average molecular weight is 574 g/mol. The van der Waals surface area contributed by atoms with E-state index in [9.17, 15) is 0 Å². The van der Waals surface area contributed by atoms with Crippen molar-refractivity contribution in [2.24, 2.45) is 9.98 Å². The molecule has 8 bridgehead atoms. The van der Waals surface area contributed by atoms with Gasteiger partial charge in [-0.2, -0.15) is 0 Å². The number of hydrogen-bond acceptors (Lipinski definition) is 2. The first-order valence-corrected chi connectivity index (χ1v) is 13.6. The summed E-state index contributed by atoms with van der Waals surface area (Å²) < 4.78 is 0. The largest absolute Gasteiger partial charge is 0.657 e. The third-order valence-electron chi connectivity index (χ3n) is 8.29. The Morgan fingerprint density at radius 2 is 0.805 bits per heavy atom. The Kier molecular flexibility index (Phi) is 5.40. The maximum Gasteiger partial charge on any atom is 0.0935 e. The Labute approximate surface area is 246 Å². The topological polar surface area (TPSA) is 52.9 Å². The van der Waals surface area contributed by atoms with Gasteiger partial charge in [0.15, 0.2) is 0 Å². The molecule has 5 heterocycles. The van der Waals surface area contributed by atoms with Crippen LogP contribution in [0.2, 0.25) is 0 Å². The van der Waals surface area contributed by atoms with Gasteiger partial charge in [0.05, 0.1) is 23.5 Å². The fourth-order valence-electron chi connectivity index (χ4n) is 6.43. The van der Waals surface area contributed by atoms with Crippen LogP contribution in [0.25, 0.3) is 45.8 Å². The minimum atomic E-state index is -0.123. The smallest absolute Gasteiger partial charge is 0.0935 e. The molecule has 3 aliphatic rings. The monoisotopic (exact) mass is 573 g/mol. The molecule has 2 aromatic heterocycles. The second-order valence-electron chi connectivity index (χ2n) is 10.6. The van der Waals surface area contributed by atoms with Crippen molar-refractivity contribution in [3.05, 3.63) is 141 Å². The second-order valence-corrected chi connectivity index (χ2v) is 10.6. The summed E-state index contributed by atoms with van der Waals surface area (Å²) in [6.07, 6.45) is 8.69. The fourth-order valence-corrected chi connectivity index (χ4v) is 6.43. The third kappa shape index (κ3) is 3.67. The molecule has 41 heavy (non-hydrogen) atoms. The van der Waals surface area contributed by atoms with Crippen molar-refractivity contribution >= 4 is 57.3 Å². The summed E-state index contributed by atoms with van der Waals surface area (Å²) in [6.45, 7) is 0. The van der Waals surface area contributed by atoms with Gasteiger partial charge in [-0.15, -0.1) is 21.4 Å². The molecule has 3 aliphatic heterocycles. The zero-order valence-electron chi connectivity index (χ0n) is 21.8. The van der Waals surface area contributed by atoms with E-state index in [-0.39, 0.29) is 29.2 Å². The van der Waals surface area contributed by atoms with Crippen LogP contribution < -0.4 is 31.4 Å². The van der Waals surface area contributed by atoms with Crippen molar-refractivity contribution in [3.8, 4) is 0 Å². The quantitative estimate of drug-likeness (QED) is 0.259.